The number of hydrogen-bond acceptors (Lipinski definition) is 4. The third-order valence-electron chi connectivity index (χ3n) is 2.72. The second-order valence-corrected chi connectivity index (χ2v) is 5.64. The van der Waals surface area contributed by atoms with Crippen LogP contribution in [-0.4, -0.2) is 17.5 Å². The molecule has 0 spiro atoms. The van der Waals surface area contributed by atoms with Crippen LogP contribution in [0.5, 0.6) is 0 Å². The number of cyclic esters (lactones) is 1. The van der Waals surface area contributed by atoms with E-state index in [0.29, 0.717) is 11.3 Å². The SMILES string of the molecule is CCC[C@@H]1CC(=O)OC(C)=C1C(=O)OC(C)(C)C. The summed E-state index contributed by atoms with van der Waals surface area (Å²) in [5.41, 5.74) is -0.0193. The van der Waals surface area contributed by atoms with Gasteiger partial charge in [0.05, 0.1) is 12.0 Å². The molecule has 0 saturated carbocycles. The number of esters is 2. The Morgan fingerprint density at radius 3 is 2.56 bits per heavy atom. The molecular weight excluding hydrogens is 232 g/mol. The Bertz CT molecular complexity index is 374. The van der Waals surface area contributed by atoms with E-state index < -0.39 is 5.60 Å². The van der Waals surface area contributed by atoms with Gasteiger partial charge in [-0.25, -0.2) is 4.79 Å². The second-order valence-electron chi connectivity index (χ2n) is 5.64. The Hall–Kier alpha value is -1.32. The molecular formula is C14H22O4. The van der Waals surface area contributed by atoms with Crippen LogP contribution in [0.1, 0.15) is 53.9 Å². The normalized spacial score (nSPS) is 20.7. The molecule has 1 rings (SSSR count). The van der Waals surface area contributed by atoms with Gasteiger partial charge in [0.2, 0.25) is 0 Å². The highest BCUT2D eigenvalue weighted by Crippen LogP contribution is 2.31. The van der Waals surface area contributed by atoms with Gasteiger partial charge in [0.15, 0.2) is 0 Å². The van der Waals surface area contributed by atoms with Gasteiger partial charge >= 0.3 is 11.9 Å². The van der Waals surface area contributed by atoms with Gasteiger partial charge in [-0.2, -0.15) is 0 Å². The third-order valence-corrected chi connectivity index (χ3v) is 2.72. The smallest absolute Gasteiger partial charge is 0.338 e. The fourth-order valence-electron chi connectivity index (χ4n) is 2.10. The minimum absolute atomic E-state index is 0.0777. The summed E-state index contributed by atoms with van der Waals surface area (Å²) in [5, 5.41) is 0. The molecule has 0 N–H and O–H groups in total. The number of carbonyl (C=O) groups excluding carboxylic acids is 2. The van der Waals surface area contributed by atoms with Crippen LogP contribution in [0.25, 0.3) is 0 Å². The maximum Gasteiger partial charge on any atom is 0.338 e. The lowest BCUT2D eigenvalue weighted by molar-refractivity contribution is -0.152. The van der Waals surface area contributed by atoms with Crippen molar-refractivity contribution in [3.05, 3.63) is 11.3 Å². The monoisotopic (exact) mass is 254 g/mol. The summed E-state index contributed by atoms with van der Waals surface area (Å²) >= 11 is 0. The van der Waals surface area contributed by atoms with Gasteiger partial charge in [0.1, 0.15) is 11.4 Å². The van der Waals surface area contributed by atoms with Crippen LogP contribution in [0.2, 0.25) is 0 Å². The van der Waals surface area contributed by atoms with Crippen LogP contribution in [0, 0.1) is 5.92 Å². The minimum atomic E-state index is -0.539. The van der Waals surface area contributed by atoms with Gasteiger partial charge in [-0.15, -0.1) is 0 Å². The van der Waals surface area contributed by atoms with Crippen LogP contribution < -0.4 is 0 Å². The van der Waals surface area contributed by atoms with Crippen molar-refractivity contribution in [1.82, 2.24) is 0 Å². The molecule has 0 aromatic carbocycles. The quantitative estimate of drug-likeness (QED) is 0.726. The first-order valence-electron chi connectivity index (χ1n) is 6.39. The average molecular weight is 254 g/mol. The first-order valence-corrected chi connectivity index (χ1v) is 6.39. The standard InChI is InChI=1S/C14H22O4/c1-6-7-10-8-11(15)17-9(2)12(10)13(16)18-14(3,4)5/h10H,6-8H2,1-5H3/t10-/m1/s1. The third kappa shape index (κ3) is 3.86. The number of allylic oxidation sites excluding steroid dienone is 1. The second kappa shape index (κ2) is 5.55. The Balaban J connectivity index is 2.96. The summed E-state index contributed by atoms with van der Waals surface area (Å²) in [6, 6.07) is 0. The first-order chi connectivity index (χ1) is 8.24. The van der Waals surface area contributed by atoms with E-state index in [0.717, 1.165) is 12.8 Å². The first kappa shape index (κ1) is 14.7. The summed E-state index contributed by atoms with van der Waals surface area (Å²) in [6.45, 7) is 9.15. The maximum absolute atomic E-state index is 12.1. The summed E-state index contributed by atoms with van der Waals surface area (Å²) in [5.74, 6) is -0.325. The summed E-state index contributed by atoms with van der Waals surface area (Å²) in [7, 11) is 0. The van der Waals surface area contributed by atoms with Crippen LogP contribution >= 0.6 is 0 Å². The molecule has 0 fully saturated rings. The van der Waals surface area contributed by atoms with Crippen molar-refractivity contribution in [2.75, 3.05) is 0 Å². The molecule has 1 atom stereocenters. The Morgan fingerprint density at radius 1 is 1.44 bits per heavy atom. The molecule has 0 amide bonds. The van der Waals surface area contributed by atoms with Crippen molar-refractivity contribution < 1.29 is 19.1 Å². The highest BCUT2D eigenvalue weighted by Gasteiger charge is 2.34. The molecule has 4 heteroatoms. The molecule has 0 bridgehead atoms. The fraction of sp³-hybridized carbons (Fsp3) is 0.714. The van der Waals surface area contributed by atoms with Crippen molar-refractivity contribution in [1.29, 1.82) is 0 Å². The number of rotatable bonds is 3. The zero-order valence-electron chi connectivity index (χ0n) is 11.8. The van der Waals surface area contributed by atoms with E-state index in [2.05, 4.69) is 0 Å². The van der Waals surface area contributed by atoms with Crippen LogP contribution in [0.3, 0.4) is 0 Å². The van der Waals surface area contributed by atoms with Gasteiger partial charge in [-0.05, 0) is 34.1 Å². The zero-order valence-corrected chi connectivity index (χ0v) is 11.8. The van der Waals surface area contributed by atoms with Gasteiger partial charge in [0.25, 0.3) is 0 Å². The summed E-state index contributed by atoms with van der Waals surface area (Å²) in [6.07, 6.45) is 1.97. The molecule has 4 nitrogen and oxygen atoms in total. The van der Waals surface area contributed by atoms with E-state index in [9.17, 15) is 9.59 Å². The minimum Gasteiger partial charge on any atom is -0.457 e. The van der Waals surface area contributed by atoms with Crippen molar-refractivity contribution in [2.45, 2.75) is 59.5 Å². The highest BCUT2D eigenvalue weighted by molar-refractivity contribution is 5.92. The summed E-state index contributed by atoms with van der Waals surface area (Å²) in [4.78, 5) is 23.5. The van der Waals surface area contributed by atoms with E-state index in [1.165, 1.54) is 0 Å². The van der Waals surface area contributed by atoms with Crippen molar-refractivity contribution in [3.8, 4) is 0 Å². The molecule has 1 aliphatic rings. The Kier molecular flexibility index (Phi) is 4.54. The van der Waals surface area contributed by atoms with Crippen molar-refractivity contribution in [3.63, 3.8) is 0 Å². The zero-order chi connectivity index (χ0) is 13.9. The van der Waals surface area contributed by atoms with Gasteiger partial charge in [0, 0.05) is 5.92 Å². The Morgan fingerprint density at radius 2 is 2.06 bits per heavy atom. The molecule has 0 radical (unpaired) electrons. The molecule has 0 aromatic rings. The molecule has 18 heavy (non-hydrogen) atoms. The van der Waals surface area contributed by atoms with Crippen LogP contribution in [0.4, 0.5) is 0 Å². The van der Waals surface area contributed by atoms with E-state index in [1.54, 1.807) is 6.92 Å². The predicted octanol–water partition coefficient (Wildman–Crippen LogP) is 2.97. The van der Waals surface area contributed by atoms with E-state index in [1.807, 2.05) is 27.7 Å². The van der Waals surface area contributed by atoms with Crippen LogP contribution in [0.15, 0.2) is 11.3 Å². The fourth-order valence-corrected chi connectivity index (χ4v) is 2.10. The topological polar surface area (TPSA) is 52.6 Å². The molecule has 1 aliphatic heterocycles. The number of hydrogen-bond donors (Lipinski definition) is 0. The average Bonchev–Trinajstić information content (AvgIpc) is 2.13. The molecule has 102 valence electrons. The largest absolute Gasteiger partial charge is 0.457 e. The lowest BCUT2D eigenvalue weighted by atomic mass is 9.88. The maximum atomic E-state index is 12.1. The number of ether oxygens (including phenoxy) is 2. The van der Waals surface area contributed by atoms with Gasteiger partial charge in [-0.3, -0.25) is 4.79 Å². The molecule has 0 unspecified atom stereocenters. The van der Waals surface area contributed by atoms with Crippen molar-refractivity contribution in [2.24, 2.45) is 5.92 Å². The van der Waals surface area contributed by atoms with E-state index in [-0.39, 0.29) is 24.3 Å². The molecule has 1 heterocycles. The van der Waals surface area contributed by atoms with E-state index >= 15 is 0 Å². The van der Waals surface area contributed by atoms with Crippen LogP contribution in [-0.2, 0) is 19.1 Å². The molecule has 0 saturated heterocycles. The predicted molar refractivity (Wildman–Crippen MR) is 67.7 cm³/mol. The lowest BCUT2D eigenvalue weighted by Crippen LogP contribution is -2.31. The molecule has 0 aliphatic carbocycles. The van der Waals surface area contributed by atoms with Gasteiger partial charge in [-0.1, -0.05) is 13.3 Å². The van der Waals surface area contributed by atoms with Crippen molar-refractivity contribution >= 4 is 11.9 Å². The Labute approximate surface area is 108 Å². The molecule has 0 aromatic heterocycles. The lowest BCUT2D eigenvalue weighted by Gasteiger charge is -2.27. The van der Waals surface area contributed by atoms with Gasteiger partial charge < -0.3 is 9.47 Å². The van der Waals surface area contributed by atoms with E-state index in [4.69, 9.17) is 9.47 Å². The summed E-state index contributed by atoms with van der Waals surface area (Å²) < 4.78 is 10.4. The number of carbonyl (C=O) groups is 2. The highest BCUT2D eigenvalue weighted by atomic mass is 16.6.